The Morgan fingerprint density at radius 3 is 2.78 bits per heavy atom. The highest BCUT2D eigenvalue weighted by atomic mass is 35.5. The van der Waals surface area contributed by atoms with Gasteiger partial charge >= 0.3 is 0 Å². The van der Waals surface area contributed by atoms with Gasteiger partial charge in [0.15, 0.2) is 11.5 Å². The van der Waals surface area contributed by atoms with Crippen molar-refractivity contribution in [2.75, 3.05) is 19.8 Å². The van der Waals surface area contributed by atoms with E-state index >= 15 is 0 Å². The first-order valence-corrected chi connectivity index (χ1v) is 7.03. The minimum absolute atomic E-state index is 0.558. The quantitative estimate of drug-likeness (QED) is 0.894. The molecule has 1 atom stereocenters. The van der Waals surface area contributed by atoms with Crippen molar-refractivity contribution < 1.29 is 9.47 Å². The van der Waals surface area contributed by atoms with Gasteiger partial charge < -0.3 is 14.8 Å². The van der Waals surface area contributed by atoms with Crippen molar-refractivity contribution in [3.63, 3.8) is 0 Å². The molecule has 0 radical (unpaired) electrons. The summed E-state index contributed by atoms with van der Waals surface area (Å²) in [5.41, 5.74) is 1.20. The van der Waals surface area contributed by atoms with Crippen molar-refractivity contribution in [1.82, 2.24) is 5.32 Å². The van der Waals surface area contributed by atoms with E-state index in [1.165, 1.54) is 18.4 Å². The second-order valence-corrected chi connectivity index (χ2v) is 5.32. The zero-order chi connectivity index (χ0) is 12.4. The number of hydrogen-bond donors (Lipinski definition) is 1. The zero-order valence-electron chi connectivity index (χ0n) is 10.4. The van der Waals surface area contributed by atoms with E-state index in [1.807, 2.05) is 6.07 Å². The normalized spacial score (nSPS) is 22.8. The minimum Gasteiger partial charge on any atom is -0.489 e. The van der Waals surface area contributed by atoms with Crippen molar-refractivity contribution in [2.24, 2.45) is 0 Å². The van der Waals surface area contributed by atoms with Crippen LogP contribution >= 0.6 is 11.6 Å². The number of fused-ring (bicyclic) bond motifs is 1. The summed E-state index contributed by atoms with van der Waals surface area (Å²) < 4.78 is 11.5. The van der Waals surface area contributed by atoms with Crippen LogP contribution in [0.5, 0.6) is 11.5 Å². The average molecular weight is 268 g/mol. The lowest BCUT2D eigenvalue weighted by atomic mass is 10.0. The van der Waals surface area contributed by atoms with Crippen LogP contribution in [0.1, 0.15) is 24.8 Å². The van der Waals surface area contributed by atoms with Gasteiger partial charge in [-0.2, -0.15) is 0 Å². The van der Waals surface area contributed by atoms with E-state index < -0.39 is 0 Å². The van der Waals surface area contributed by atoms with Gasteiger partial charge in [-0.05, 0) is 37.4 Å². The van der Waals surface area contributed by atoms with Gasteiger partial charge in [0.05, 0.1) is 18.2 Å². The Morgan fingerprint density at radius 2 is 2.00 bits per heavy atom. The molecule has 2 heterocycles. The Labute approximate surface area is 112 Å². The molecule has 2 aliphatic rings. The molecule has 1 fully saturated rings. The second kappa shape index (κ2) is 5.37. The Kier molecular flexibility index (Phi) is 3.62. The van der Waals surface area contributed by atoms with Crippen LogP contribution in [0.25, 0.3) is 0 Å². The first-order chi connectivity index (χ1) is 8.84. The fourth-order valence-corrected chi connectivity index (χ4v) is 2.84. The lowest BCUT2D eigenvalue weighted by molar-refractivity contribution is 0.296. The SMILES string of the molecule is Clc1ccc(CC2CCCN2)c2c1OCCCO2. The molecular weight excluding hydrogens is 250 g/mol. The van der Waals surface area contributed by atoms with Crippen molar-refractivity contribution in [1.29, 1.82) is 0 Å². The van der Waals surface area contributed by atoms with Gasteiger partial charge in [0, 0.05) is 12.5 Å². The zero-order valence-corrected chi connectivity index (χ0v) is 11.1. The van der Waals surface area contributed by atoms with Crippen LogP contribution in [0.3, 0.4) is 0 Å². The molecule has 3 nitrogen and oxygen atoms in total. The number of benzene rings is 1. The number of halogens is 1. The molecule has 1 aromatic carbocycles. The van der Waals surface area contributed by atoms with Crippen LogP contribution in [0.2, 0.25) is 5.02 Å². The first kappa shape index (κ1) is 12.1. The molecule has 0 aromatic heterocycles. The first-order valence-electron chi connectivity index (χ1n) is 6.65. The topological polar surface area (TPSA) is 30.5 Å². The van der Waals surface area contributed by atoms with Gasteiger partial charge in [-0.15, -0.1) is 0 Å². The van der Waals surface area contributed by atoms with E-state index in [9.17, 15) is 0 Å². The predicted molar refractivity (Wildman–Crippen MR) is 71.8 cm³/mol. The molecule has 0 bridgehead atoms. The van der Waals surface area contributed by atoms with Crippen molar-refractivity contribution in [3.8, 4) is 11.5 Å². The van der Waals surface area contributed by atoms with Gasteiger partial charge in [0.2, 0.25) is 0 Å². The maximum absolute atomic E-state index is 6.18. The highest BCUT2D eigenvalue weighted by Gasteiger charge is 2.22. The largest absolute Gasteiger partial charge is 0.489 e. The summed E-state index contributed by atoms with van der Waals surface area (Å²) in [6.07, 6.45) is 4.39. The summed E-state index contributed by atoms with van der Waals surface area (Å²) in [5.74, 6) is 1.58. The van der Waals surface area contributed by atoms with Gasteiger partial charge in [0.25, 0.3) is 0 Å². The lowest BCUT2D eigenvalue weighted by Gasteiger charge is -2.16. The monoisotopic (exact) mass is 267 g/mol. The molecule has 0 aliphatic carbocycles. The Balaban J connectivity index is 1.88. The van der Waals surface area contributed by atoms with Crippen LogP contribution in [-0.4, -0.2) is 25.8 Å². The molecule has 18 heavy (non-hydrogen) atoms. The summed E-state index contributed by atoms with van der Waals surface area (Å²) in [4.78, 5) is 0. The lowest BCUT2D eigenvalue weighted by Crippen LogP contribution is -2.23. The third-order valence-electron chi connectivity index (χ3n) is 3.56. The standard InChI is InChI=1S/C14H18ClNO2/c15-12-5-4-10(9-11-3-1-6-16-11)13-14(12)18-8-2-7-17-13/h4-5,11,16H,1-3,6-9H2. The Morgan fingerprint density at radius 1 is 1.17 bits per heavy atom. The maximum atomic E-state index is 6.18. The summed E-state index contributed by atoms with van der Waals surface area (Å²) >= 11 is 6.18. The molecular formula is C14H18ClNO2. The molecule has 3 rings (SSSR count). The number of rotatable bonds is 2. The average Bonchev–Trinajstić information content (AvgIpc) is 2.74. The van der Waals surface area contributed by atoms with Crippen LogP contribution in [-0.2, 0) is 6.42 Å². The molecule has 1 N–H and O–H groups in total. The predicted octanol–water partition coefficient (Wildman–Crippen LogP) is 2.80. The van der Waals surface area contributed by atoms with E-state index in [-0.39, 0.29) is 0 Å². The summed E-state index contributed by atoms with van der Waals surface area (Å²) in [7, 11) is 0. The fourth-order valence-electron chi connectivity index (χ4n) is 2.64. The molecule has 1 saturated heterocycles. The molecule has 0 spiro atoms. The van der Waals surface area contributed by atoms with E-state index in [0.29, 0.717) is 24.3 Å². The molecule has 0 amide bonds. The molecule has 98 valence electrons. The number of ether oxygens (including phenoxy) is 2. The minimum atomic E-state index is 0.558. The van der Waals surface area contributed by atoms with E-state index in [1.54, 1.807) is 0 Å². The third-order valence-corrected chi connectivity index (χ3v) is 3.85. The van der Waals surface area contributed by atoms with Gasteiger partial charge in [-0.3, -0.25) is 0 Å². The Hall–Kier alpha value is -0.930. The third kappa shape index (κ3) is 2.43. The van der Waals surface area contributed by atoms with E-state index in [2.05, 4.69) is 11.4 Å². The van der Waals surface area contributed by atoms with Crippen LogP contribution < -0.4 is 14.8 Å². The second-order valence-electron chi connectivity index (χ2n) is 4.91. The summed E-state index contributed by atoms with van der Waals surface area (Å²) in [6, 6.07) is 4.54. The van der Waals surface area contributed by atoms with Gasteiger partial charge in [-0.1, -0.05) is 17.7 Å². The van der Waals surface area contributed by atoms with Crippen molar-refractivity contribution in [3.05, 3.63) is 22.7 Å². The van der Waals surface area contributed by atoms with E-state index in [4.69, 9.17) is 21.1 Å². The van der Waals surface area contributed by atoms with Crippen LogP contribution in [0.15, 0.2) is 12.1 Å². The van der Waals surface area contributed by atoms with Crippen molar-refractivity contribution >= 4 is 11.6 Å². The van der Waals surface area contributed by atoms with Crippen molar-refractivity contribution in [2.45, 2.75) is 31.7 Å². The summed E-state index contributed by atoms with van der Waals surface area (Å²) in [5, 5.41) is 4.16. The smallest absolute Gasteiger partial charge is 0.180 e. The van der Waals surface area contributed by atoms with E-state index in [0.717, 1.165) is 30.9 Å². The Bertz CT molecular complexity index is 430. The van der Waals surface area contributed by atoms with Gasteiger partial charge in [-0.25, -0.2) is 0 Å². The maximum Gasteiger partial charge on any atom is 0.180 e. The fraction of sp³-hybridized carbons (Fsp3) is 0.571. The highest BCUT2D eigenvalue weighted by molar-refractivity contribution is 6.32. The highest BCUT2D eigenvalue weighted by Crippen LogP contribution is 2.40. The molecule has 2 aliphatic heterocycles. The molecule has 1 aromatic rings. The molecule has 4 heteroatoms. The summed E-state index contributed by atoms with van der Waals surface area (Å²) in [6.45, 7) is 2.51. The molecule has 0 saturated carbocycles. The number of hydrogen-bond acceptors (Lipinski definition) is 3. The van der Waals surface area contributed by atoms with Gasteiger partial charge in [0.1, 0.15) is 0 Å². The van der Waals surface area contributed by atoms with Crippen LogP contribution in [0, 0.1) is 0 Å². The number of nitrogens with one attached hydrogen (secondary N) is 1. The molecule has 1 unspecified atom stereocenters. The van der Waals surface area contributed by atoms with Crippen LogP contribution in [0.4, 0.5) is 0 Å².